The number of hydrogen-bond acceptors (Lipinski definition) is 0. The number of fused-ring (bicyclic) bond motifs is 8. The van der Waals surface area contributed by atoms with E-state index in [9.17, 15) is 5.48 Å². The predicted molar refractivity (Wildman–Crippen MR) is 176 cm³/mol. The van der Waals surface area contributed by atoms with Crippen molar-refractivity contribution in [3.63, 3.8) is 0 Å². The lowest BCUT2D eigenvalue weighted by molar-refractivity contribution is -0.660. The highest BCUT2D eigenvalue weighted by atomic mass is 14.9. The minimum Gasteiger partial charge on any atom is -0.307 e. The molecule has 7 rings (SSSR count). The summed E-state index contributed by atoms with van der Waals surface area (Å²) in [5.74, 6) is 0. The van der Waals surface area contributed by atoms with Gasteiger partial charge in [0.1, 0.15) is 7.05 Å². The summed E-state index contributed by atoms with van der Waals surface area (Å²) in [4.78, 5) is 0. The van der Waals surface area contributed by atoms with Crippen molar-refractivity contribution in [1.29, 1.82) is 0 Å². The van der Waals surface area contributed by atoms with Crippen LogP contribution in [0.2, 0.25) is 0 Å². The average molecular weight is 542 g/mol. The van der Waals surface area contributed by atoms with Gasteiger partial charge in [-0.3, -0.25) is 0 Å². The highest BCUT2D eigenvalue weighted by Gasteiger charge is 2.25. The Balaban J connectivity index is 1.59. The molecule has 0 spiro atoms. The summed E-state index contributed by atoms with van der Waals surface area (Å²) in [6, 6.07) is 26.0. The number of hydrogen-bond donors (Lipinski definition) is 0. The van der Waals surface area contributed by atoms with Crippen LogP contribution in [-0.2, 0) is 19.8 Å². The Kier molecular flexibility index (Phi) is 4.67. The number of nitrogens with zero attached hydrogens (tertiary/aromatic N) is 2. The minimum absolute atomic E-state index is 0.400. The average Bonchev–Trinajstić information content (AvgIpc) is 3.48. The zero-order valence-corrected chi connectivity index (χ0v) is 25.4. The molecule has 0 aliphatic carbocycles. The highest BCUT2D eigenvalue weighted by Crippen LogP contribution is 2.42. The fourth-order valence-corrected chi connectivity index (χ4v) is 6.60. The maximum atomic E-state index is 9.34. The number of aromatic nitrogens is 2. The first-order valence-electron chi connectivity index (χ1n) is 16.6. The van der Waals surface area contributed by atoms with Gasteiger partial charge in [-0.2, -0.15) is 0 Å². The second-order valence-electron chi connectivity index (χ2n) is 13.8. The van der Waals surface area contributed by atoms with Crippen molar-refractivity contribution < 1.29 is 10.1 Å². The van der Waals surface area contributed by atoms with E-state index in [1.54, 1.807) is 0 Å². The molecular formula is C39H41N2+. The molecule has 2 nitrogen and oxygen atoms in total. The molecule has 3 aromatic heterocycles. The van der Waals surface area contributed by atoms with Crippen molar-refractivity contribution in [3.8, 4) is 11.3 Å². The molecule has 0 amide bonds. The smallest absolute Gasteiger partial charge is 0.212 e. The van der Waals surface area contributed by atoms with Gasteiger partial charge in [0, 0.05) is 49.6 Å². The number of rotatable bonds is 3. The summed E-state index contributed by atoms with van der Waals surface area (Å²) in [6.07, 6.45) is -1.71. The molecule has 0 fully saturated rings. The fraction of sp³-hybridized carbons (Fsp3) is 0.308. The van der Waals surface area contributed by atoms with E-state index < -0.39 is 23.6 Å². The Labute approximate surface area is 249 Å². The van der Waals surface area contributed by atoms with Gasteiger partial charge < -0.3 is 4.40 Å². The summed E-state index contributed by atoms with van der Waals surface area (Å²) in [5, 5.41) is 7.25. The quantitative estimate of drug-likeness (QED) is 0.197. The molecule has 0 radical (unpaired) electrons. The van der Waals surface area contributed by atoms with Crippen molar-refractivity contribution in [2.45, 2.75) is 61.2 Å². The van der Waals surface area contributed by atoms with Gasteiger partial charge in [-0.15, -0.1) is 0 Å². The van der Waals surface area contributed by atoms with Crippen LogP contribution in [0.1, 0.15) is 63.7 Å². The molecular weight excluding hydrogens is 496 g/mol. The third-order valence-corrected chi connectivity index (χ3v) is 8.11. The van der Waals surface area contributed by atoms with E-state index in [0.717, 1.165) is 27.6 Å². The molecule has 0 atom stereocenters. The van der Waals surface area contributed by atoms with Crippen molar-refractivity contribution in [2.75, 3.05) is 0 Å². The molecule has 3 heterocycles. The van der Waals surface area contributed by atoms with Gasteiger partial charge in [0.25, 0.3) is 0 Å². The van der Waals surface area contributed by atoms with E-state index in [2.05, 4.69) is 78.1 Å². The Morgan fingerprint density at radius 1 is 0.683 bits per heavy atom. The Hall–Kier alpha value is -3.91. The van der Waals surface area contributed by atoms with Crippen LogP contribution in [0, 0.1) is 17.8 Å². The monoisotopic (exact) mass is 541 g/mol. The molecule has 206 valence electrons. The number of para-hydroxylation sites is 2. The molecule has 7 aromatic rings. The first-order valence-corrected chi connectivity index (χ1v) is 14.6. The molecule has 0 aliphatic rings. The third kappa shape index (κ3) is 4.19. The van der Waals surface area contributed by atoms with Crippen molar-refractivity contribution >= 4 is 48.9 Å². The molecule has 0 N–H and O–H groups in total. The molecule has 2 heteroatoms. The third-order valence-electron chi connectivity index (χ3n) is 8.11. The first kappa shape index (κ1) is 21.8. The highest BCUT2D eigenvalue weighted by molar-refractivity contribution is 6.27. The minimum atomic E-state index is -1.78. The van der Waals surface area contributed by atoms with Crippen LogP contribution in [0.5, 0.6) is 0 Å². The second kappa shape index (κ2) is 8.79. The van der Waals surface area contributed by atoms with E-state index >= 15 is 0 Å². The summed E-state index contributed by atoms with van der Waals surface area (Å²) >= 11 is 0. The van der Waals surface area contributed by atoms with Gasteiger partial charge in [0.2, 0.25) is 5.69 Å². The van der Waals surface area contributed by atoms with E-state index in [1.165, 1.54) is 38.1 Å². The summed E-state index contributed by atoms with van der Waals surface area (Å²) in [6.45, 7) is 13.4. The fourth-order valence-electron chi connectivity index (χ4n) is 6.60. The zero-order chi connectivity index (χ0) is 32.4. The zero-order valence-electron chi connectivity index (χ0n) is 29.4. The summed E-state index contributed by atoms with van der Waals surface area (Å²) < 4.78 is 41.5. The molecule has 0 saturated heterocycles. The molecule has 0 unspecified atom stereocenters. The van der Waals surface area contributed by atoms with Gasteiger partial charge in [0.05, 0.1) is 16.6 Å². The Morgan fingerprint density at radius 2 is 1.29 bits per heavy atom. The summed E-state index contributed by atoms with van der Waals surface area (Å²) in [5.41, 5.74) is 5.89. The van der Waals surface area contributed by atoms with Crippen molar-refractivity contribution in [1.82, 2.24) is 4.40 Å². The van der Waals surface area contributed by atoms with Crippen LogP contribution in [0.3, 0.4) is 0 Å². The molecule has 0 bridgehead atoms. The second-order valence-corrected chi connectivity index (χ2v) is 13.8. The van der Waals surface area contributed by atoms with Gasteiger partial charge in [-0.25, -0.2) is 4.57 Å². The topological polar surface area (TPSA) is 8.29 Å². The van der Waals surface area contributed by atoms with Crippen LogP contribution < -0.4 is 4.57 Å². The normalized spacial score (nSPS) is 15.2. The maximum absolute atomic E-state index is 9.34. The number of pyridine rings is 1. The largest absolute Gasteiger partial charge is 0.307 e. The van der Waals surface area contributed by atoms with Gasteiger partial charge in [-0.05, 0) is 59.1 Å². The van der Waals surface area contributed by atoms with Crippen LogP contribution in [0.25, 0.3) is 60.1 Å². The standard InChI is InChI=1S/C39H41N2/c1-24-18-25-16-17-31-30-14-11-13-29-28-12-9-10-15-34(28)41(36(29)30)37(31)33(25)20-32(24)35-19-26(21-38(2,3)4)27(23-40(35)8)22-39(5,6)7/h9-20,23H,21-22H2,1-8H3/q+1/i21D2,22D2. The molecule has 0 saturated carbocycles. The van der Waals surface area contributed by atoms with Crippen LogP contribution in [-0.4, -0.2) is 4.40 Å². The van der Waals surface area contributed by atoms with E-state index in [-0.39, 0.29) is 0 Å². The SMILES string of the molecule is [2H]C([2H])(c1cc(-c2cc3c(ccc4c5cccc6c7ccccc7n(c34)c65)cc2C)[n+](C)cc1C([2H])([2H])C(C)(C)C)C(C)(C)C. The lowest BCUT2D eigenvalue weighted by atomic mass is 9.81. The van der Waals surface area contributed by atoms with Crippen molar-refractivity contribution in [3.05, 3.63) is 95.7 Å². The van der Waals surface area contributed by atoms with E-state index in [1.807, 2.05) is 65.4 Å². The number of aryl methyl sites for hydroxylation is 2. The van der Waals surface area contributed by atoms with Crippen molar-refractivity contribution in [2.24, 2.45) is 17.9 Å². The van der Waals surface area contributed by atoms with E-state index in [0.29, 0.717) is 11.1 Å². The first-order chi connectivity index (χ1) is 20.9. The molecule has 4 aromatic carbocycles. The Morgan fingerprint density at radius 3 is 2.02 bits per heavy atom. The van der Waals surface area contributed by atoms with Crippen LogP contribution in [0.15, 0.2) is 79.0 Å². The maximum Gasteiger partial charge on any atom is 0.212 e. The van der Waals surface area contributed by atoms with Gasteiger partial charge in [-0.1, -0.05) is 96.1 Å². The van der Waals surface area contributed by atoms with Crippen LogP contribution >= 0.6 is 0 Å². The van der Waals surface area contributed by atoms with Gasteiger partial charge in [0.15, 0.2) is 6.20 Å². The number of benzene rings is 4. The lowest BCUT2D eigenvalue weighted by Gasteiger charge is -2.24. The van der Waals surface area contributed by atoms with Gasteiger partial charge >= 0.3 is 0 Å². The molecule has 0 aliphatic heterocycles. The van der Waals surface area contributed by atoms with E-state index in [4.69, 9.17) is 0 Å². The molecule has 41 heavy (non-hydrogen) atoms. The Bertz CT molecular complexity index is 2310. The lowest BCUT2D eigenvalue weighted by Crippen LogP contribution is -2.33. The predicted octanol–water partition coefficient (Wildman–Crippen LogP) is 9.97. The summed E-state index contributed by atoms with van der Waals surface area (Å²) in [7, 11) is 1.95. The van der Waals surface area contributed by atoms with Crippen LogP contribution in [0.4, 0.5) is 0 Å².